The van der Waals surface area contributed by atoms with Crippen molar-refractivity contribution in [3.8, 4) is 0 Å². The molecule has 0 saturated carbocycles. The first-order chi connectivity index (χ1) is 8.53. The third-order valence-corrected chi connectivity index (χ3v) is 4.34. The number of aryl methyl sites for hydroxylation is 1. The van der Waals surface area contributed by atoms with Gasteiger partial charge in [0.2, 0.25) is 5.89 Å². The Balaban J connectivity index is 1.75. The van der Waals surface area contributed by atoms with Gasteiger partial charge in [-0.1, -0.05) is 25.9 Å². The normalized spacial score (nSPS) is 20.5. The molecule has 4 nitrogen and oxygen atoms in total. The number of hydrogen-bond donors (Lipinski definition) is 1. The smallest absolute Gasteiger partial charge is 0.226 e. The number of rotatable bonds is 5. The summed E-state index contributed by atoms with van der Waals surface area (Å²) in [7, 11) is 0. The minimum Gasteiger partial charge on any atom is -0.339 e. The highest BCUT2D eigenvalue weighted by molar-refractivity contribution is 7.99. The molecule has 0 bridgehead atoms. The Bertz CT molecular complexity index is 367. The molecule has 1 aromatic heterocycles. The summed E-state index contributed by atoms with van der Waals surface area (Å²) < 4.78 is 5.54. The Morgan fingerprint density at radius 2 is 2.28 bits per heavy atom. The second-order valence-electron chi connectivity index (χ2n) is 5.90. The Labute approximate surface area is 113 Å². The van der Waals surface area contributed by atoms with E-state index in [1.54, 1.807) is 0 Å². The van der Waals surface area contributed by atoms with Crippen molar-refractivity contribution in [1.29, 1.82) is 0 Å². The third-order valence-electron chi connectivity index (χ3n) is 3.07. The standard InChI is InChI=1S/C13H23N3OS/c1-13(2,3)18-9-11-15-12(17-16-11)5-4-10-6-7-14-8-10/h10,14H,4-9H2,1-3H3. The molecule has 2 rings (SSSR count). The van der Waals surface area contributed by atoms with Gasteiger partial charge in [0.1, 0.15) is 0 Å². The third kappa shape index (κ3) is 4.61. The highest BCUT2D eigenvalue weighted by Crippen LogP contribution is 2.26. The van der Waals surface area contributed by atoms with Gasteiger partial charge in [-0.05, 0) is 31.8 Å². The molecule has 1 aliphatic rings. The fraction of sp³-hybridized carbons (Fsp3) is 0.846. The van der Waals surface area contributed by atoms with Crippen molar-refractivity contribution in [2.75, 3.05) is 13.1 Å². The Hall–Kier alpha value is -0.550. The van der Waals surface area contributed by atoms with Gasteiger partial charge in [-0.2, -0.15) is 4.98 Å². The van der Waals surface area contributed by atoms with E-state index in [-0.39, 0.29) is 4.75 Å². The highest BCUT2D eigenvalue weighted by Gasteiger charge is 2.17. The number of aromatic nitrogens is 2. The lowest BCUT2D eigenvalue weighted by Gasteiger charge is -2.15. The molecule has 0 aliphatic carbocycles. The number of hydrogen-bond acceptors (Lipinski definition) is 5. The molecule has 0 amide bonds. The van der Waals surface area contributed by atoms with Crippen LogP contribution in [0.3, 0.4) is 0 Å². The van der Waals surface area contributed by atoms with Crippen LogP contribution in [0.2, 0.25) is 0 Å². The molecule has 1 atom stereocenters. The van der Waals surface area contributed by atoms with Crippen LogP contribution in [-0.4, -0.2) is 28.0 Å². The molecule has 2 heterocycles. The van der Waals surface area contributed by atoms with Gasteiger partial charge in [-0.25, -0.2) is 0 Å². The van der Waals surface area contributed by atoms with Crippen LogP contribution in [0.25, 0.3) is 0 Å². The Kier molecular flexibility index (Phi) is 4.67. The topological polar surface area (TPSA) is 51.0 Å². The van der Waals surface area contributed by atoms with Crippen LogP contribution in [-0.2, 0) is 12.2 Å². The largest absolute Gasteiger partial charge is 0.339 e. The summed E-state index contributed by atoms with van der Waals surface area (Å²) in [6.45, 7) is 8.89. The summed E-state index contributed by atoms with van der Waals surface area (Å²) in [5.41, 5.74) is 0. The summed E-state index contributed by atoms with van der Waals surface area (Å²) in [4.78, 5) is 4.46. The molecule has 1 saturated heterocycles. The molecule has 1 aliphatic heterocycles. The summed E-state index contributed by atoms with van der Waals surface area (Å²) in [5, 5.41) is 7.42. The molecule has 0 spiro atoms. The monoisotopic (exact) mass is 269 g/mol. The Morgan fingerprint density at radius 1 is 1.44 bits per heavy atom. The van der Waals surface area contributed by atoms with E-state index in [1.807, 2.05) is 11.8 Å². The zero-order chi connectivity index (χ0) is 13.0. The van der Waals surface area contributed by atoms with Crippen molar-refractivity contribution in [2.45, 2.75) is 50.5 Å². The maximum absolute atomic E-state index is 5.29. The molecule has 102 valence electrons. The molecule has 1 unspecified atom stereocenters. The minimum atomic E-state index is 0.246. The van der Waals surface area contributed by atoms with Gasteiger partial charge in [0.15, 0.2) is 5.82 Å². The maximum atomic E-state index is 5.29. The summed E-state index contributed by atoms with van der Waals surface area (Å²) in [6, 6.07) is 0. The summed E-state index contributed by atoms with van der Waals surface area (Å²) in [5.74, 6) is 3.24. The van der Waals surface area contributed by atoms with Crippen molar-refractivity contribution >= 4 is 11.8 Å². The lowest BCUT2D eigenvalue weighted by Crippen LogP contribution is -2.09. The molecule has 5 heteroatoms. The molecule has 0 radical (unpaired) electrons. The van der Waals surface area contributed by atoms with Gasteiger partial charge in [0, 0.05) is 11.2 Å². The van der Waals surface area contributed by atoms with Crippen molar-refractivity contribution in [3.05, 3.63) is 11.7 Å². The van der Waals surface area contributed by atoms with Crippen molar-refractivity contribution in [1.82, 2.24) is 15.5 Å². The molecule has 1 fully saturated rings. The number of nitrogens with zero attached hydrogens (tertiary/aromatic N) is 2. The first-order valence-electron chi connectivity index (χ1n) is 6.69. The minimum absolute atomic E-state index is 0.246. The van der Waals surface area contributed by atoms with Crippen LogP contribution in [0.15, 0.2) is 4.52 Å². The highest BCUT2D eigenvalue weighted by atomic mass is 32.2. The first kappa shape index (κ1) is 13.9. The van der Waals surface area contributed by atoms with E-state index in [2.05, 4.69) is 36.2 Å². The van der Waals surface area contributed by atoms with E-state index in [4.69, 9.17) is 4.52 Å². The van der Waals surface area contributed by atoms with E-state index in [0.717, 1.165) is 49.3 Å². The lowest BCUT2D eigenvalue weighted by molar-refractivity contribution is 0.361. The molecule has 1 aromatic rings. The van der Waals surface area contributed by atoms with Crippen molar-refractivity contribution < 1.29 is 4.52 Å². The fourth-order valence-electron chi connectivity index (χ4n) is 2.02. The van der Waals surface area contributed by atoms with Gasteiger partial charge in [-0.3, -0.25) is 0 Å². The van der Waals surface area contributed by atoms with E-state index in [9.17, 15) is 0 Å². The first-order valence-corrected chi connectivity index (χ1v) is 7.67. The molecular formula is C13H23N3OS. The molecule has 0 aromatic carbocycles. The lowest BCUT2D eigenvalue weighted by atomic mass is 10.0. The van der Waals surface area contributed by atoms with Crippen LogP contribution in [0.5, 0.6) is 0 Å². The summed E-state index contributed by atoms with van der Waals surface area (Å²) >= 11 is 1.85. The summed E-state index contributed by atoms with van der Waals surface area (Å²) in [6.07, 6.45) is 3.35. The zero-order valence-corrected chi connectivity index (χ0v) is 12.3. The van der Waals surface area contributed by atoms with Gasteiger partial charge in [0.05, 0.1) is 5.75 Å². The van der Waals surface area contributed by atoms with Gasteiger partial charge < -0.3 is 9.84 Å². The fourth-order valence-corrected chi connectivity index (χ4v) is 2.70. The molecule has 18 heavy (non-hydrogen) atoms. The molecular weight excluding hydrogens is 246 g/mol. The predicted octanol–water partition coefficient (Wildman–Crippen LogP) is 2.64. The average Bonchev–Trinajstić information content (AvgIpc) is 2.94. The van der Waals surface area contributed by atoms with Gasteiger partial charge >= 0.3 is 0 Å². The van der Waals surface area contributed by atoms with E-state index >= 15 is 0 Å². The second-order valence-corrected chi connectivity index (χ2v) is 7.70. The van der Waals surface area contributed by atoms with Crippen LogP contribution >= 0.6 is 11.8 Å². The SMILES string of the molecule is CC(C)(C)SCc1noc(CCC2CCNC2)n1. The second kappa shape index (κ2) is 6.06. The van der Waals surface area contributed by atoms with Crippen molar-refractivity contribution in [2.24, 2.45) is 5.92 Å². The van der Waals surface area contributed by atoms with Gasteiger partial charge in [0.25, 0.3) is 0 Å². The Morgan fingerprint density at radius 3 is 2.94 bits per heavy atom. The van der Waals surface area contributed by atoms with Crippen LogP contribution in [0.1, 0.15) is 45.3 Å². The van der Waals surface area contributed by atoms with Crippen molar-refractivity contribution in [3.63, 3.8) is 0 Å². The van der Waals surface area contributed by atoms with E-state index in [1.165, 1.54) is 6.42 Å². The quantitative estimate of drug-likeness (QED) is 0.890. The van der Waals surface area contributed by atoms with Crippen LogP contribution in [0.4, 0.5) is 0 Å². The number of thioether (sulfide) groups is 1. The average molecular weight is 269 g/mol. The molecule has 1 N–H and O–H groups in total. The van der Waals surface area contributed by atoms with E-state index < -0.39 is 0 Å². The number of nitrogens with one attached hydrogen (secondary N) is 1. The zero-order valence-electron chi connectivity index (χ0n) is 11.5. The predicted molar refractivity (Wildman–Crippen MR) is 74.6 cm³/mol. The maximum Gasteiger partial charge on any atom is 0.226 e. The van der Waals surface area contributed by atoms with Gasteiger partial charge in [-0.15, -0.1) is 11.8 Å². The van der Waals surface area contributed by atoms with Crippen LogP contribution < -0.4 is 5.32 Å². The van der Waals surface area contributed by atoms with E-state index in [0.29, 0.717) is 0 Å². The van der Waals surface area contributed by atoms with Crippen LogP contribution in [0, 0.1) is 5.92 Å².